The summed E-state index contributed by atoms with van der Waals surface area (Å²) in [5.41, 5.74) is 2.25. The van der Waals surface area contributed by atoms with Gasteiger partial charge in [0.25, 0.3) is 0 Å². The van der Waals surface area contributed by atoms with Gasteiger partial charge in [0.15, 0.2) is 0 Å². The smallest absolute Gasteiger partial charge is 0.0399 e. The Morgan fingerprint density at radius 2 is 2.00 bits per heavy atom. The number of alkyl halides is 1. The first-order valence-electron chi connectivity index (χ1n) is 4.51. The molecule has 0 bridgehead atoms. The summed E-state index contributed by atoms with van der Waals surface area (Å²) < 4.78 is 0. The molecule has 1 aromatic carbocycles. The second kappa shape index (κ2) is 6.97. The van der Waals surface area contributed by atoms with E-state index in [0.29, 0.717) is 5.88 Å². The third-order valence-electron chi connectivity index (χ3n) is 2.07. The van der Waals surface area contributed by atoms with Crippen molar-refractivity contribution in [1.82, 2.24) is 0 Å². The maximum absolute atomic E-state index is 5.72. The molecule has 3 heteroatoms. The Kier molecular flexibility index (Phi) is 6.77. The SMILES string of the molecule is Cl.[CH2]c1ccccc1N(CC)CCCl. The van der Waals surface area contributed by atoms with Crippen molar-refractivity contribution < 1.29 is 0 Å². The highest BCUT2D eigenvalue weighted by Gasteiger charge is 2.04. The fourth-order valence-electron chi connectivity index (χ4n) is 1.37. The van der Waals surface area contributed by atoms with E-state index in [-0.39, 0.29) is 12.4 Å². The van der Waals surface area contributed by atoms with Crippen molar-refractivity contribution in [1.29, 1.82) is 0 Å². The van der Waals surface area contributed by atoms with E-state index in [1.807, 2.05) is 18.2 Å². The molecular weight excluding hydrogens is 217 g/mol. The topological polar surface area (TPSA) is 3.24 Å². The van der Waals surface area contributed by atoms with Crippen LogP contribution in [0.2, 0.25) is 0 Å². The molecule has 0 atom stereocenters. The Labute approximate surface area is 97.5 Å². The molecule has 0 heterocycles. The summed E-state index contributed by atoms with van der Waals surface area (Å²) in [5.74, 6) is 0.655. The van der Waals surface area contributed by atoms with Crippen molar-refractivity contribution in [2.45, 2.75) is 6.92 Å². The quantitative estimate of drug-likeness (QED) is 0.721. The van der Waals surface area contributed by atoms with Crippen LogP contribution in [0.1, 0.15) is 12.5 Å². The van der Waals surface area contributed by atoms with Crippen molar-refractivity contribution >= 4 is 29.7 Å². The lowest BCUT2D eigenvalue weighted by atomic mass is 10.2. The van der Waals surface area contributed by atoms with Crippen molar-refractivity contribution in [3.05, 3.63) is 36.8 Å². The third-order valence-corrected chi connectivity index (χ3v) is 2.24. The second-order valence-electron chi connectivity index (χ2n) is 2.90. The van der Waals surface area contributed by atoms with E-state index in [1.54, 1.807) is 0 Å². The number of para-hydroxylation sites is 1. The number of nitrogens with zero attached hydrogens (tertiary/aromatic N) is 1. The van der Waals surface area contributed by atoms with Crippen LogP contribution in [0.15, 0.2) is 24.3 Å². The van der Waals surface area contributed by atoms with Crippen LogP contribution in [0.5, 0.6) is 0 Å². The van der Waals surface area contributed by atoms with E-state index in [1.165, 1.54) is 5.69 Å². The molecule has 1 aromatic rings. The fraction of sp³-hybridized carbons (Fsp3) is 0.364. The first kappa shape index (κ1) is 13.6. The summed E-state index contributed by atoms with van der Waals surface area (Å²) in [6.45, 7) is 7.96. The molecule has 1 radical (unpaired) electrons. The predicted molar refractivity (Wildman–Crippen MR) is 66.8 cm³/mol. The lowest BCUT2D eigenvalue weighted by Crippen LogP contribution is -2.25. The fourth-order valence-corrected chi connectivity index (χ4v) is 1.57. The Hall–Kier alpha value is -0.400. The summed E-state index contributed by atoms with van der Waals surface area (Å²) in [5, 5.41) is 0. The first-order chi connectivity index (χ1) is 6.29. The molecular formula is C11H16Cl2N. The average molecular weight is 233 g/mol. The van der Waals surface area contributed by atoms with Gasteiger partial charge < -0.3 is 4.90 Å². The highest BCUT2D eigenvalue weighted by Crippen LogP contribution is 2.18. The lowest BCUT2D eigenvalue weighted by Gasteiger charge is -2.23. The van der Waals surface area contributed by atoms with Crippen LogP contribution in [0.3, 0.4) is 0 Å². The minimum Gasteiger partial charge on any atom is -0.370 e. The molecule has 0 N–H and O–H groups in total. The minimum absolute atomic E-state index is 0. The van der Waals surface area contributed by atoms with Crippen molar-refractivity contribution in [2.75, 3.05) is 23.9 Å². The molecule has 0 unspecified atom stereocenters. The molecule has 0 saturated heterocycles. The van der Waals surface area contributed by atoms with Crippen molar-refractivity contribution in [3.63, 3.8) is 0 Å². The van der Waals surface area contributed by atoms with Crippen LogP contribution in [0, 0.1) is 6.92 Å². The highest BCUT2D eigenvalue weighted by molar-refractivity contribution is 6.18. The van der Waals surface area contributed by atoms with Gasteiger partial charge in [-0.25, -0.2) is 0 Å². The highest BCUT2D eigenvalue weighted by atomic mass is 35.5. The van der Waals surface area contributed by atoms with E-state index in [0.717, 1.165) is 18.7 Å². The molecule has 0 aromatic heterocycles. The van der Waals surface area contributed by atoms with E-state index in [9.17, 15) is 0 Å². The minimum atomic E-state index is 0. The number of hydrogen-bond acceptors (Lipinski definition) is 1. The number of anilines is 1. The second-order valence-corrected chi connectivity index (χ2v) is 3.28. The van der Waals surface area contributed by atoms with Gasteiger partial charge >= 0.3 is 0 Å². The van der Waals surface area contributed by atoms with Gasteiger partial charge in [-0.1, -0.05) is 18.2 Å². The third kappa shape index (κ3) is 3.39. The number of hydrogen-bond donors (Lipinski definition) is 0. The monoisotopic (exact) mass is 232 g/mol. The van der Waals surface area contributed by atoms with Gasteiger partial charge in [-0.2, -0.15) is 0 Å². The van der Waals surface area contributed by atoms with Crippen LogP contribution in [-0.4, -0.2) is 19.0 Å². The van der Waals surface area contributed by atoms with E-state index >= 15 is 0 Å². The van der Waals surface area contributed by atoms with Crippen LogP contribution in [0.25, 0.3) is 0 Å². The standard InChI is InChI=1S/C11H15ClN.ClH/c1-3-13(9-8-12)11-7-5-4-6-10(11)2;/h4-7H,2-3,8-9H2,1H3;1H. The van der Waals surface area contributed by atoms with Gasteiger partial charge in [0.2, 0.25) is 0 Å². The molecule has 79 valence electrons. The van der Waals surface area contributed by atoms with Crippen molar-refractivity contribution in [2.24, 2.45) is 0 Å². The molecule has 0 spiro atoms. The molecule has 1 nitrogen and oxygen atoms in total. The summed E-state index contributed by atoms with van der Waals surface area (Å²) >= 11 is 5.72. The molecule has 0 aliphatic heterocycles. The van der Waals surface area contributed by atoms with E-state index in [4.69, 9.17) is 11.6 Å². The van der Waals surface area contributed by atoms with E-state index in [2.05, 4.69) is 24.8 Å². The molecule has 0 aliphatic carbocycles. The van der Waals surface area contributed by atoms with Gasteiger partial charge in [-0.05, 0) is 25.5 Å². The number of benzene rings is 1. The molecule has 0 amide bonds. The Bertz CT molecular complexity index is 263. The largest absolute Gasteiger partial charge is 0.370 e. The zero-order valence-electron chi connectivity index (χ0n) is 8.37. The normalized spacial score (nSPS) is 9.36. The maximum atomic E-state index is 5.72. The summed E-state index contributed by atoms with van der Waals surface area (Å²) in [7, 11) is 0. The zero-order chi connectivity index (χ0) is 9.68. The maximum Gasteiger partial charge on any atom is 0.0399 e. The zero-order valence-corrected chi connectivity index (χ0v) is 9.94. The Morgan fingerprint density at radius 1 is 1.36 bits per heavy atom. The van der Waals surface area contributed by atoms with Gasteiger partial charge in [0.1, 0.15) is 0 Å². The van der Waals surface area contributed by atoms with Crippen molar-refractivity contribution in [3.8, 4) is 0 Å². The molecule has 0 aliphatic rings. The average Bonchev–Trinajstić information content (AvgIpc) is 2.16. The summed E-state index contributed by atoms with van der Waals surface area (Å²) in [6, 6.07) is 8.13. The molecule has 0 fully saturated rings. The van der Waals surface area contributed by atoms with Crippen LogP contribution in [0.4, 0.5) is 5.69 Å². The molecule has 14 heavy (non-hydrogen) atoms. The first-order valence-corrected chi connectivity index (χ1v) is 5.05. The predicted octanol–water partition coefficient (Wildman–Crippen LogP) is 3.36. The van der Waals surface area contributed by atoms with Crippen LogP contribution >= 0.6 is 24.0 Å². The lowest BCUT2D eigenvalue weighted by molar-refractivity contribution is 0.868. The van der Waals surface area contributed by atoms with Crippen LogP contribution < -0.4 is 4.90 Å². The molecule has 1 rings (SSSR count). The Morgan fingerprint density at radius 3 is 2.50 bits per heavy atom. The van der Waals surface area contributed by atoms with E-state index < -0.39 is 0 Å². The van der Waals surface area contributed by atoms with Gasteiger partial charge in [0.05, 0.1) is 0 Å². The van der Waals surface area contributed by atoms with Crippen LogP contribution in [-0.2, 0) is 0 Å². The van der Waals surface area contributed by atoms with Gasteiger partial charge in [-0.15, -0.1) is 24.0 Å². The summed E-state index contributed by atoms with van der Waals surface area (Å²) in [4.78, 5) is 2.23. The van der Waals surface area contributed by atoms with Gasteiger partial charge in [-0.3, -0.25) is 0 Å². The Balaban J connectivity index is 0.00000169. The summed E-state index contributed by atoms with van der Waals surface area (Å²) in [6.07, 6.45) is 0. The number of rotatable bonds is 4. The number of halogens is 2. The molecule has 0 saturated carbocycles. The van der Waals surface area contributed by atoms with Gasteiger partial charge in [0, 0.05) is 24.7 Å².